The maximum Gasteiger partial charge on any atom is 0.338 e. The fourth-order valence-corrected chi connectivity index (χ4v) is 3.30. The SMILES string of the molecule is O=C(COC(=O)c1ccc(OC[C@@H]2CCCO2)cc1)Nc1ccc2c(c1)OCCCO2. The summed E-state index contributed by atoms with van der Waals surface area (Å²) < 4.78 is 27.5. The zero-order chi connectivity index (χ0) is 21.5. The largest absolute Gasteiger partial charge is 0.491 e. The number of ether oxygens (including phenoxy) is 5. The fraction of sp³-hybridized carbons (Fsp3) is 0.391. The summed E-state index contributed by atoms with van der Waals surface area (Å²) in [6, 6.07) is 11.7. The van der Waals surface area contributed by atoms with E-state index in [1.54, 1.807) is 42.5 Å². The van der Waals surface area contributed by atoms with Crippen molar-refractivity contribution < 1.29 is 33.3 Å². The zero-order valence-electron chi connectivity index (χ0n) is 17.1. The molecule has 2 aliphatic heterocycles. The Morgan fingerprint density at radius 3 is 2.55 bits per heavy atom. The number of carbonyl (C=O) groups is 2. The third kappa shape index (κ3) is 5.88. The van der Waals surface area contributed by atoms with Crippen LogP contribution in [0.15, 0.2) is 42.5 Å². The van der Waals surface area contributed by atoms with Crippen LogP contribution in [-0.2, 0) is 14.3 Å². The third-order valence-electron chi connectivity index (χ3n) is 4.92. The topological polar surface area (TPSA) is 92.3 Å². The van der Waals surface area contributed by atoms with E-state index in [0.717, 1.165) is 25.9 Å². The molecule has 2 aromatic rings. The molecular weight excluding hydrogens is 402 g/mol. The predicted octanol–water partition coefficient (Wildman–Crippen LogP) is 3.20. The van der Waals surface area contributed by atoms with E-state index >= 15 is 0 Å². The molecule has 1 atom stereocenters. The van der Waals surface area contributed by atoms with Crippen molar-refractivity contribution in [2.24, 2.45) is 0 Å². The lowest BCUT2D eigenvalue weighted by Gasteiger charge is -2.12. The molecule has 2 aliphatic rings. The summed E-state index contributed by atoms with van der Waals surface area (Å²) in [4.78, 5) is 24.4. The number of rotatable bonds is 7. The summed E-state index contributed by atoms with van der Waals surface area (Å²) in [5.74, 6) is 0.845. The zero-order valence-corrected chi connectivity index (χ0v) is 17.1. The van der Waals surface area contributed by atoms with Gasteiger partial charge in [-0.05, 0) is 49.2 Å². The smallest absolute Gasteiger partial charge is 0.338 e. The fourth-order valence-electron chi connectivity index (χ4n) is 3.30. The van der Waals surface area contributed by atoms with E-state index in [0.29, 0.717) is 48.3 Å². The lowest BCUT2D eigenvalue weighted by molar-refractivity contribution is -0.119. The molecule has 0 aliphatic carbocycles. The van der Waals surface area contributed by atoms with Gasteiger partial charge in [-0.1, -0.05) is 0 Å². The Morgan fingerprint density at radius 2 is 1.77 bits per heavy atom. The van der Waals surface area contributed by atoms with Crippen LogP contribution in [0.3, 0.4) is 0 Å². The average molecular weight is 427 g/mol. The first-order valence-corrected chi connectivity index (χ1v) is 10.4. The number of benzene rings is 2. The van der Waals surface area contributed by atoms with Crippen molar-refractivity contribution in [3.63, 3.8) is 0 Å². The predicted molar refractivity (Wildman–Crippen MR) is 112 cm³/mol. The van der Waals surface area contributed by atoms with Crippen molar-refractivity contribution in [1.82, 2.24) is 0 Å². The van der Waals surface area contributed by atoms with E-state index < -0.39 is 18.5 Å². The van der Waals surface area contributed by atoms with Gasteiger partial charge in [-0.25, -0.2) is 4.79 Å². The maximum absolute atomic E-state index is 12.2. The van der Waals surface area contributed by atoms with E-state index in [9.17, 15) is 9.59 Å². The summed E-state index contributed by atoms with van der Waals surface area (Å²) in [5.41, 5.74) is 0.880. The van der Waals surface area contributed by atoms with E-state index in [1.165, 1.54) is 0 Å². The molecule has 1 amide bonds. The Labute approximate surface area is 180 Å². The molecule has 4 rings (SSSR count). The molecule has 0 radical (unpaired) electrons. The van der Waals surface area contributed by atoms with Gasteiger partial charge in [-0.15, -0.1) is 0 Å². The molecule has 1 fully saturated rings. The molecule has 0 aromatic heterocycles. The average Bonchev–Trinajstić information content (AvgIpc) is 3.20. The van der Waals surface area contributed by atoms with E-state index in [-0.39, 0.29) is 6.10 Å². The van der Waals surface area contributed by atoms with Gasteiger partial charge < -0.3 is 29.0 Å². The summed E-state index contributed by atoms with van der Waals surface area (Å²) >= 11 is 0. The Morgan fingerprint density at radius 1 is 0.968 bits per heavy atom. The number of carbonyl (C=O) groups excluding carboxylic acids is 2. The van der Waals surface area contributed by atoms with Crippen LogP contribution >= 0.6 is 0 Å². The quantitative estimate of drug-likeness (QED) is 0.679. The molecule has 8 heteroatoms. The highest BCUT2D eigenvalue weighted by Crippen LogP contribution is 2.32. The van der Waals surface area contributed by atoms with Gasteiger partial charge >= 0.3 is 5.97 Å². The van der Waals surface area contributed by atoms with Crippen molar-refractivity contribution in [3.05, 3.63) is 48.0 Å². The summed E-state index contributed by atoms with van der Waals surface area (Å²) in [5, 5.41) is 2.69. The van der Waals surface area contributed by atoms with E-state index in [2.05, 4.69) is 5.32 Å². The summed E-state index contributed by atoms with van der Waals surface area (Å²) in [6.07, 6.45) is 2.98. The van der Waals surface area contributed by atoms with Crippen LogP contribution in [0, 0.1) is 0 Å². The number of nitrogens with one attached hydrogen (secondary N) is 1. The summed E-state index contributed by atoms with van der Waals surface area (Å²) in [7, 11) is 0. The molecule has 31 heavy (non-hydrogen) atoms. The monoisotopic (exact) mass is 427 g/mol. The van der Waals surface area contributed by atoms with Crippen molar-refractivity contribution in [1.29, 1.82) is 0 Å². The van der Waals surface area contributed by atoms with Crippen molar-refractivity contribution in [2.75, 3.05) is 38.4 Å². The Kier molecular flexibility index (Phi) is 6.89. The van der Waals surface area contributed by atoms with E-state index in [4.69, 9.17) is 23.7 Å². The third-order valence-corrected chi connectivity index (χ3v) is 4.92. The van der Waals surface area contributed by atoms with Gasteiger partial charge in [0.2, 0.25) is 0 Å². The van der Waals surface area contributed by atoms with Crippen LogP contribution < -0.4 is 19.5 Å². The number of esters is 1. The Balaban J connectivity index is 1.23. The second-order valence-electron chi connectivity index (χ2n) is 7.31. The lowest BCUT2D eigenvalue weighted by Crippen LogP contribution is -2.21. The first-order valence-electron chi connectivity index (χ1n) is 10.4. The maximum atomic E-state index is 12.2. The number of amides is 1. The van der Waals surface area contributed by atoms with Crippen LogP contribution in [0.2, 0.25) is 0 Å². The van der Waals surface area contributed by atoms with Gasteiger partial charge in [0.25, 0.3) is 5.91 Å². The van der Waals surface area contributed by atoms with Crippen LogP contribution in [-0.4, -0.2) is 51.0 Å². The Bertz CT molecular complexity index is 907. The second kappa shape index (κ2) is 10.2. The molecule has 2 heterocycles. The number of fused-ring (bicyclic) bond motifs is 1. The van der Waals surface area contributed by atoms with E-state index in [1.807, 2.05) is 0 Å². The van der Waals surface area contributed by atoms with Gasteiger partial charge in [-0.2, -0.15) is 0 Å². The minimum Gasteiger partial charge on any atom is -0.491 e. The van der Waals surface area contributed by atoms with Crippen molar-refractivity contribution in [2.45, 2.75) is 25.4 Å². The molecule has 0 spiro atoms. The lowest BCUT2D eigenvalue weighted by atomic mass is 10.2. The standard InChI is InChI=1S/C23H25NO7/c25-22(24-17-6-9-20-21(13-17)29-12-2-11-28-20)15-31-23(26)16-4-7-18(8-5-16)30-14-19-3-1-10-27-19/h4-9,13,19H,1-3,10-12,14-15H2,(H,24,25)/t19-/m0/s1. The highest BCUT2D eigenvalue weighted by Gasteiger charge is 2.17. The normalized spacial score (nSPS) is 17.5. The summed E-state index contributed by atoms with van der Waals surface area (Å²) in [6.45, 7) is 2.02. The molecule has 0 bridgehead atoms. The van der Waals surface area contributed by atoms with Gasteiger partial charge in [0.05, 0.1) is 24.9 Å². The molecule has 0 unspecified atom stereocenters. The highest BCUT2D eigenvalue weighted by atomic mass is 16.5. The highest BCUT2D eigenvalue weighted by molar-refractivity contribution is 5.95. The molecule has 2 aromatic carbocycles. The van der Waals surface area contributed by atoms with Crippen molar-refractivity contribution in [3.8, 4) is 17.2 Å². The minimum atomic E-state index is -0.584. The molecular formula is C23H25NO7. The minimum absolute atomic E-state index is 0.127. The second-order valence-corrected chi connectivity index (χ2v) is 7.31. The van der Waals surface area contributed by atoms with Gasteiger partial charge in [0.15, 0.2) is 18.1 Å². The van der Waals surface area contributed by atoms with Crippen LogP contribution in [0.1, 0.15) is 29.6 Å². The van der Waals surface area contributed by atoms with Crippen molar-refractivity contribution >= 4 is 17.6 Å². The number of anilines is 1. The first-order chi connectivity index (χ1) is 15.2. The molecule has 1 saturated heterocycles. The van der Waals surface area contributed by atoms with Gasteiger partial charge in [0, 0.05) is 24.8 Å². The molecule has 0 saturated carbocycles. The van der Waals surface area contributed by atoms with Gasteiger partial charge in [0.1, 0.15) is 12.4 Å². The molecule has 164 valence electrons. The Hall–Kier alpha value is -3.26. The van der Waals surface area contributed by atoms with Crippen LogP contribution in [0.4, 0.5) is 5.69 Å². The molecule has 8 nitrogen and oxygen atoms in total. The van der Waals surface area contributed by atoms with Gasteiger partial charge in [-0.3, -0.25) is 4.79 Å². The number of hydrogen-bond acceptors (Lipinski definition) is 7. The van der Waals surface area contributed by atoms with Crippen LogP contribution in [0.25, 0.3) is 0 Å². The number of hydrogen-bond donors (Lipinski definition) is 1. The first kappa shape index (κ1) is 21.0. The molecule has 1 N–H and O–H groups in total. The van der Waals surface area contributed by atoms with Crippen LogP contribution in [0.5, 0.6) is 17.2 Å².